The summed E-state index contributed by atoms with van der Waals surface area (Å²) in [4.78, 5) is 18.6. The number of carbonyl (C=O) groups is 1. The van der Waals surface area contributed by atoms with Crippen molar-refractivity contribution in [2.24, 2.45) is 11.3 Å². The van der Waals surface area contributed by atoms with Crippen LogP contribution in [0.4, 0.5) is 11.4 Å². The summed E-state index contributed by atoms with van der Waals surface area (Å²) in [6.45, 7) is 7.41. The van der Waals surface area contributed by atoms with Gasteiger partial charge in [-0.05, 0) is 17.9 Å². The highest BCUT2D eigenvalue weighted by Crippen LogP contribution is 2.52. The van der Waals surface area contributed by atoms with Crippen LogP contribution >= 0.6 is 0 Å². The molecular weight excluding hydrogens is 254 g/mol. The zero-order valence-corrected chi connectivity index (χ0v) is 12.1. The molecule has 2 fully saturated rings. The summed E-state index contributed by atoms with van der Waals surface area (Å²) in [6, 6.07) is 1.96. The van der Waals surface area contributed by atoms with Crippen LogP contribution in [0.1, 0.15) is 20.3 Å². The van der Waals surface area contributed by atoms with Crippen molar-refractivity contribution < 1.29 is 9.53 Å². The van der Waals surface area contributed by atoms with Gasteiger partial charge in [-0.15, -0.1) is 0 Å². The highest BCUT2D eigenvalue weighted by Gasteiger charge is 2.50. The minimum absolute atomic E-state index is 0.109. The summed E-state index contributed by atoms with van der Waals surface area (Å²) >= 11 is 0. The molecule has 1 aliphatic heterocycles. The van der Waals surface area contributed by atoms with Gasteiger partial charge in [0.25, 0.3) is 0 Å². The van der Waals surface area contributed by atoms with Gasteiger partial charge in [-0.1, -0.05) is 13.8 Å². The minimum Gasteiger partial charge on any atom is -0.378 e. The van der Waals surface area contributed by atoms with Crippen LogP contribution in [-0.2, 0) is 9.53 Å². The van der Waals surface area contributed by atoms with Gasteiger partial charge in [0.1, 0.15) is 0 Å². The quantitative estimate of drug-likeness (QED) is 0.915. The average Bonchev–Trinajstić information content (AvgIpc) is 3.10. The van der Waals surface area contributed by atoms with E-state index in [1.165, 1.54) is 0 Å². The Hall–Kier alpha value is -1.62. The largest absolute Gasteiger partial charge is 0.378 e. The van der Waals surface area contributed by atoms with E-state index in [0.717, 1.165) is 44.1 Å². The SMILES string of the molecule is CC1(C)C[C@@H]1C(=O)Nc1cnccc1N1CCOCC1. The number of aromatic nitrogens is 1. The number of anilines is 2. The topological polar surface area (TPSA) is 54.5 Å². The molecule has 0 bridgehead atoms. The second kappa shape index (κ2) is 5.05. The number of rotatable bonds is 3. The molecule has 1 atom stereocenters. The van der Waals surface area contributed by atoms with Crippen LogP contribution < -0.4 is 10.2 Å². The number of nitrogens with one attached hydrogen (secondary N) is 1. The van der Waals surface area contributed by atoms with Gasteiger partial charge in [0.15, 0.2) is 0 Å². The molecule has 20 heavy (non-hydrogen) atoms. The summed E-state index contributed by atoms with van der Waals surface area (Å²) in [5.74, 6) is 0.234. The molecular formula is C15H21N3O2. The Labute approximate surface area is 119 Å². The highest BCUT2D eigenvalue weighted by molar-refractivity contribution is 5.97. The smallest absolute Gasteiger partial charge is 0.228 e. The zero-order valence-electron chi connectivity index (χ0n) is 12.1. The van der Waals surface area contributed by atoms with E-state index >= 15 is 0 Å². The molecule has 2 aliphatic rings. The second-order valence-electron chi connectivity index (χ2n) is 6.23. The van der Waals surface area contributed by atoms with Gasteiger partial charge in [-0.3, -0.25) is 9.78 Å². The number of carbonyl (C=O) groups excluding carboxylic acids is 1. The van der Waals surface area contributed by atoms with Gasteiger partial charge in [-0.2, -0.15) is 0 Å². The van der Waals surface area contributed by atoms with Crippen molar-refractivity contribution in [2.45, 2.75) is 20.3 Å². The fraction of sp³-hybridized carbons (Fsp3) is 0.600. The van der Waals surface area contributed by atoms with Crippen molar-refractivity contribution in [3.63, 3.8) is 0 Å². The van der Waals surface area contributed by atoms with Gasteiger partial charge < -0.3 is 15.0 Å². The first-order valence-electron chi connectivity index (χ1n) is 7.15. The Bertz CT molecular complexity index is 510. The maximum Gasteiger partial charge on any atom is 0.228 e. The standard InChI is InChI=1S/C15H21N3O2/c1-15(2)9-11(15)14(19)17-12-10-16-4-3-13(12)18-5-7-20-8-6-18/h3-4,10-11H,5-9H2,1-2H3,(H,17,19)/t11-/m1/s1. The van der Waals surface area contributed by atoms with Crippen LogP contribution in [0.2, 0.25) is 0 Å². The predicted octanol–water partition coefficient (Wildman–Crippen LogP) is 1.90. The third-order valence-electron chi connectivity index (χ3n) is 4.24. The van der Waals surface area contributed by atoms with Crippen LogP contribution in [0.25, 0.3) is 0 Å². The van der Waals surface area contributed by atoms with E-state index < -0.39 is 0 Å². The summed E-state index contributed by atoms with van der Waals surface area (Å²) in [5, 5.41) is 3.04. The molecule has 0 aromatic carbocycles. The molecule has 5 heteroatoms. The Balaban J connectivity index is 1.74. The number of amides is 1. The summed E-state index contributed by atoms with van der Waals surface area (Å²) in [6.07, 6.45) is 4.46. The first-order chi connectivity index (χ1) is 9.58. The summed E-state index contributed by atoms with van der Waals surface area (Å²) < 4.78 is 5.37. The van der Waals surface area contributed by atoms with Crippen LogP contribution in [0, 0.1) is 11.3 Å². The van der Waals surface area contributed by atoms with Gasteiger partial charge in [-0.25, -0.2) is 0 Å². The van der Waals surface area contributed by atoms with Crippen LogP contribution in [0.5, 0.6) is 0 Å². The second-order valence-corrected chi connectivity index (χ2v) is 6.23. The van der Waals surface area contributed by atoms with E-state index in [-0.39, 0.29) is 17.2 Å². The molecule has 3 rings (SSSR count). The lowest BCUT2D eigenvalue weighted by molar-refractivity contribution is -0.118. The lowest BCUT2D eigenvalue weighted by Gasteiger charge is -2.30. The molecule has 0 radical (unpaired) electrons. The van der Waals surface area contributed by atoms with E-state index in [4.69, 9.17) is 4.74 Å². The number of nitrogens with zero attached hydrogens (tertiary/aromatic N) is 2. The third-order valence-corrected chi connectivity index (χ3v) is 4.24. The fourth-order valence-electron chi connectivity index (χ4n) is 2.70. The third kappa shape index (κ3) is 2.63. The summed E-state index contributed by atoms with van der Waals surface area (Å²) in [7, 11) is 0. The van der Waals surface area contributed by atoms with Crippen molar-refractivity contribution in [3.8, 4) is 0 Å². The van der Waals surface area contributed by atoms with Crippen LogP contribution in [-0.4, -0.2) is 37.2 Å². The van der Waals surface area contributed by atoms with Crippen molar-refractivity contribution in [1.29, 1.82) is 0 Å². The first kappa shape index (κ1) is 13.4. The van der Waals surface area contributed by atoms with E-state index in [1.54, 1.807) is 12.4 Å². The van der Waals surface area contributed by atoms with E-state index in [1.807, 2.05) is 6.07 Å². The molecule has 5 nitrogen and oxygen atoms in total. The molecule has 2 heterocycles. The lowest BCUT2D eigenvalue weighted by Crippen LogP contribution is -2.36. The van der Waals surface area contributed by atoms with Crippen molar-refractivity contribution >= 4 is 17.3 Å². The van der Waals surface area contributed by atoms with Crippen molar-refractivity contribution in [1.82, 2.24) is 4.98 Å². The van der Waals surface area contributed by atoms with Crippen molar-refractivity contribution in [3.05, 3.63) is 18.5 Å². The number of pyridine rings is 1. The first-order valence-corrected chi connectivity index (χ1v) is 7.15. The zero-order chi connectivity index (χ0) is 14.2. The Morgan fingerprint density at radius 1 is 1.45 bits per heavy atom. The Kier molecular flexibility index (Phi) is 3.38. The molecule has 1 saturated carbocycles. The number of morpholine rings is 1. The van der Waals surface area contributed by atoms with Gasteiger partial charge >= 0.3 is 0 Å². The fourth-order valence-corrected chi connectivity index (χ4v) is 2.70. The molecule has 0 spiro atoms. The van der Waals surface area contributed by atoms with E-state index in [2.05, 4.69) is 29.0 Å². The van der Waals surface area contributed by atoms with E-state index in [0.29, 0.717) is 0 Å². The normalized spacial score (nSPS) is 24.3. The number of hydrogen-bond acceptors (Lipinski definition) is 4. The molecule has 1 N–H and O–H groups in total. The molecule has 0 unspecified atom stereocenters. The van der Waals surface area contributed by atoms with Crippen LogP contribution in [0.3, 0.4) is 0 Å². The lowest BCUT2D eigenvalue weighted by atomic mass is 10.1. The minimum atomic E-state index is 0.109. The van der Waals surface area contributed by atoms with Crippen LogP contribution in [0.15, 0.2) is 18.5 Å². The maximum atomic E-state index is 12.2. The average molecular weight is 275 g/mol. The molecule has 1 saturated heterocycles. The molecule has 1 aliphatic carbocycles. The summed E-state index contributed by atoms with van der Waals surface area (Å²) in [5.41, 5.74) is 1.99. The molecule has 108 valence electrons. The van der Waals surface area contributed by atoms with Gasteiger partial charge in [0, 0.05) is 25.2 Å². The Morgan fingerprint density at radius 2 is 2.15 bits per heavy atom. The van der Waals surface area contributed by atoms with E-state index in [9.17, 15) is 4.79 Å². The molecule has 1 amide bonds. The van der Waals surface area contributed by atoms with Gasteiger partial charge in [0.2, 0.25) is 5.91 Å². The number of hydrogen-bond donors (Lipinski definition) is 1. The maximum absolute atomic E-state index is 12.2. The highest BCUT2D eigenvalue weighted by atomic mass is 16.5. The predicted molar refractivity (Wildman–Crippen MR) is 77.8 cm³/mol. The number of ether oxygens (including phenoxy) is 1. The molecule has 1 aromatic heterocycles. The van der Waals surface area contributed by atoms with Crippen molar-refractivity contribution in [2.75, 3.05) is 36.5 Å². The monoisotopic (exact) mass is 275 g/mol. The van der Waals surface area contributed by atoms with Gasteiger partial charge in [0.05, 0.1) is 30.8 Å². The Morgan fingerprint density at radius 3 is 2.80 bits per heavy atom. The molecule has 1 aromatic rings.